The maximum Gasteiger partial charge on any atom is 0.204 e. The van der Waals surface area contributed by atoms with Crippen LogP contribution in [0.2, 0.25) is 0 Å². The van der Waals surface area contributed by atoms with Crippen LogP contribution >= 0.6 is 0 Å². The molecule has 1 aromatic rings. The molecule has 1 atom stereocenters. The van der Waals surface area contributed by atoms with Crippen LogP contribution in [0.15, 0.2) is 18.0 Å². The SMILES string of the molecule is Cc1c[nH]c2c1C1(C)NCNC1=CC2=O. The molecule has 1 aromatic heterocycles. The zero-order valence-electron chi connectivity index (χ0n) is 8.77. The lowest BCUT2D eigenvalue weighted by molar-refractivity contribution is 0.103. The summed E-state index contributed by atoms with van der Waals surface area (Å²) >= 11 is 0. The van der Waals surface area contributed by atoms with E-state index in [0.29, 0.717) is 6.67 Å². The van der Waals surface area contributed by atoms with E-state index in [1.807, 2.05) is 13.1 Å². The molecule has 1 fully saturated rings. The van der Waals surface area contributed by atoms with Gasteiger partial charge in [0.1, 0.15) is 0 Å². The van der Waals surface area contributed by atoms with Gasteiger partial charge >= 0.3 is 0 Å². The van der Waals surface area contributed by atoms with Gasteiger partial charge in [-0.3, -0.25) is 10.1 Å². The molecule has 4 heteroatoms. The Morgan fingerprint density at radius 3 is 3.07 bits per heavy atom. The molecular formula is C11H13N3O. The normalized spacial score (nSPS) is 28.1. The molecule has 0 bridgehead atoms. The number of fused-ring (bicyclic) bond motifs is 3. The highest BCUT2D eigenvalue weighted by Crippen LogP contribution is 2.38. The summed E-state index contributed by atoms with van der Waals surface area (Å²) in [6.45, 7) is 4.83. The molecule has 2 aliphatic rings. The number of aryl methyl sites for hydroxylation is 1. The van der Waals surface area contributed by atoms with E-state index in [0.717, 1.165) is 22.5 Å². The van der Waals surface area contributed by atoms with E-state index in [2.05, 4.69) is 22.5 Å². The average molecular weight is 203 g/mol. The van der Waals surface area contributed by atoms with Crippen molar-refractivity contribution in [1.82, 2.24) is 15.6 Å². The average Bonchev–Trinajstić information content (AvgIpc) is 2.72. The number of ketones is 1. The van der Waals surface area contributed by atoms with Crippen LogP contribution in [0.25, 0.3) is 0 Å². The van der Waals surface area contributed by atoms with Gasteiger partial charge in [-0.1, -0.05) is 0 Å². The van der Waals surface area contributed by atoms with Crippen LogP contribution in [-0.2, 0) is 5.54 Å². The molecule has 4 nitrogen and oxygen atoms in total. The Morgan fingerprint density at radius 1 is 1.47 bits per heavy atom. The smallest absolute Gasteiger partial charge is 0.204 e. The Morgan fingerprint density at radius 2 is 2.27 bits per heavy atom. The Labute approximate surface area is 87.8 Å². The Balaban J connectivity index is 2.31. The van der Waals surface area contributed by atoms with E-state index >= 15 is 0 Å². The number of rotatable bonds is 0. The predicted octanol–water partition coefficient (Wildman–Crippen LogP) is 0.769. The second-order valence-electron chi connectivity index (χ2n) is 4.30. The van der Waals surface area contributed by atoms with E-state index in [4.69, 9.17) is 0 Å². The van der Waals surface area contributed by atoms with Crippen molar-refractivity contribution in [3.05, 3.63) is 34.8 Å². The molecule has 0 radical (unpaired) electrons. The summed E-state index contributed by atoms with van der Waals surface area (Å²) in [5.74, 6) is 0.0572. The van der Waals surface area contributed by atoms with Crippen LogP contribution in [0, 0.1) is 6.92 Å². The molecule has 0 aromatic carbocycles. The third kappa shape index (κ3) is 0.920. The van der Waals surface area contributed by atoms with Gasteiger partial charge in [0, 0.05) is 23.5 Å². The third-order valence-corrected chi connectivity index (χ3v) is 3.36. The molecule has 15 heavy (non-hydrogen) atoms. The van der Waals surface area contributed by atoms with Crippen molar-refractivity contribution in [3.63, 3.8) is 0 Å². The van der Waals surface area contributed by atoms with Gasteiger partial charge in [-0.25, -0.2) is 0 Å². The number of hydrogen-bond donors (Lipinski definition) is 3. The number of carbonyl (C=O) groups excluding carboxylic acids is 1. The predicted molar refractivity (Wildman–Crippen MR) is 56.4 cm³/mol. The van der Waals surface area contributed by atoms with Gasteiger partial charge in [-0.05, 0) is 19.4 Å². The number of aromatic nitrogens is 1. The van der Waals surface area contributed by atoms with E-state index in [9.17, 15) is 4.79 Å². The molecule has 1 saturated heterocycles. The van der Waals surface area contributed by atoms with Crippen LogP contribution < -0.4 is 10.6 Å². The largest absolute Gasteiger partial charge is 0.374 e. The zero-order chi connectivity index (χ0) is 10.6. The lowest BCUT2D eigenvalue weighted by atomic mass is 9.82. The van der Waals surface area contributed by atoms with E-state index in [1.165, 1.54) is 0 Å². The highest BCUT2D eigenvalue weighted by Gasteiger charge is 2.43. The number of hydrogen-bond acceptors (Lipinski definition) is 3. The quantitative estimate of drug-likeness (QED) is 0.583. The lowest BCUT2D eigenvalue weighted by Gasteiger charge is -2.29. The van der Waals surface area contributed by atoms with E-state index in [1.54, 1.807) is 6.08 Å². The first-order valence-corrected chi connectivity index (χ1v) is 5.07. The Hall–Kier alpha value is -1.55. The fourth-order valence-electron chi connectivity index (χ4n) is 2.57. The highest BCUT2D eigenvalue weighted by molar-refractivity contribution is 6.07. The molecule has 2 heterocycles. The van der Waals surface area contributed by atoms with Gasteiger partial charge in [-0.2, -0.15) is 0 Å². The van der Waals surface area contributed by atoms with Crippen molar-refractivity contribution >= 4 is 5.78 Å². The molecule has 3 rings (SSSR count). The van der Waals surface area contributed by atoms with Crippen LogP contribution in [-0.4, -0.2) is 17.4 Å². The highest BCUT2D eigenvalue weighted by atomic mass is 16.1. The first-order valence-electron chi connectivity index (χ1n) is 5.07. The van der Waals surface area contributed by atoms with Gasteiger partial charge in [0.2, 0.25) is 5.78 Å². The molecule has 0 saturated carbocycles. The summed E-state index contributed by atoms with van der Waals surface area (Å²) < 4.78 is 0. The van der Waals surface area contributed by atoms with Crippen molar-refractivity contribution in [2.24, 2.45) is 0 Å². The molecule has 3 N–H and O–H groups in total. The number of carbonyl (C=O) groups is 1. The van der Waals surface area contributed by atoms with Crippen molar-refractivity contribution in [2.75, 3.05) is 6.67 Å². The van der Waals surface area contributed by atoms with E-state index in [-0.39, 0.29) is 11.3 Å². The lowest BCUT2D eigenvalue weighted by Crippen LogP contribution is -2.38. The summed E-state index contributed by atoms with van der Waals surface area (Å²) in [4.78, 5) is 14.9. The van der Waals surface area contributed by atoms with Crippen molar-refractivity contribution in [1.29, 1.82) is 0 Å². The zero-order valence-corrected chi connectivity index (χ0v) is 8.77. The van der Waals surface area contributed by atoms with Crippen molar-refractivity contribution in [2.45, 2.75) is 19.4 Å². The fraction of sp³-hybridized carbons (Fsp3) is 0.364. The minimum atomic E-state index is -0.229. The van der Waals surface area contributed by atoms with Gasteiger partial charge in [0.25, 0.3) is 0 Å². The van der Waals surface area contributed by atoms with Crippen LogP contribution in [0.5, 0.6) is 0 Å². The van der Waals surface area contributed by atoms with Gasteiger partial charge in [0.05, 0.1) is 17.9 Å². The number of aromatic amines is 1. The first kappa shape index (κ1) is 8.73. The molecule has 78 valence electrons. The Bertz CT molecular complexity index is 486. The molecule has 0 amide bonds. The maximum atomic E-state index is 11.8. The van der Waals surface area contributed by atoms with Gasteiger partial charge in [-0.15, -0.1) is 0 Å². The standard InChI is InChI=1S/C11H13N3O/c1-6-4-12-10-7(15)3-8-11(2,9(6)10)14-5-13-8/h3-4,12-14H,5H2,1-2H3. The molecule has 0 spiro atoms. The monoisotopic (exact) mass is 203 g/mol. The minimum absolute atomic E-state index is 0.0572. The Kier molecular flexibility index (Phi) is 1.47. The van der Waals surface area contributed by atoms with Crippen molar-refractivity contribution < 1.29 is 4.79 Å². The van der Waals surface area contributed by atoms with Crippen molar-refractivity contribution in [3.8, 4) is 0 Å². The fourth-order valence-corrected chi connectivity index (χ4v) is 2.57. The number of H-pyrrole nitrogens is 1. The summed E-state index contributed by atoms with van der Waals surface area (Å²) in [5, 5.41) is 6.59. The topological polar surface area (TPSA) is 56.9 Å². The molecular weight excluding hydrogens is 190 g/mol. The van der Waals surface area contributed by atoms with Crippen LogP contribution in [0.4, 0.5) is 0 Å². The van der Waals surface area contributed by atoms with Crippen LogP contribution in [0.1, 0.15) is 28.5 Å². The van der Waals surface area contributed by atoms with Gasteiger partial charge < -0.3 is 10.3 Å². The summed E-state index contributed by atoms with van der Waals surface area (Å²) in [6, 6.07) is 0. The number of nitrogens with one attached hydrogen (secondary N) is 3. The first-order chi connectivity index (χ1) is 7.13. The third-order valence-electron chi connectivity index (χ3n) is 3.36. The second-order valence-corrected chi connectivity index (χ2v) is 4.30. The summed E-state index contributed by atoms with van der Waals surface area (Å²) in [6.07, 6.45) is 3.57. The maximum absolute atomic E-state index is 11.8. The van der Waals surface area contributed by atoms with Crippen LogP contribution in [0.3, 0.4) is 0 Å². The van der Waals surface area contributed by atoms with Gasteiger partial charge in [0.15, 0.2) is 0 Å². The molecule has 1 aliphatic carbocycles. The molecule has 1 unspecified atom stereocenters. The van der Waals surface area contributed by atoms with E-state index < -0.39 is 0 Å². The summed E-state index contributed by atoms with van der Waals surface area (Å²) in [5.41, 5.74) is 3.67. The molecule has 1 aliphatic heterocycles. The number of allylic oxidation sites excluding steroid dienone is 1. The second kappa shape index (κ2) is 2.52. The summed E-state index contributed by atoms with van der Waals surface area (Å²) in [7, 11) is 0. The minimum Gasteiger partial charge on any atom is -0.374 e.